The highest BCUT2D eigenvalue weighted by molar-refractivity contribution is 6.35. The SMILES string of the molecule is Clc1ccc(CNCC2CCCCC2Cl)c(Cl)c1. The van der Waals surface area contributed by atoms with Crippen molar-refractivity contribution in [1.82, 2.24) is 5.32 Å². The zero-order valence-electron chi connectivity index (χ0n) is 10.3. The molecule has 1 saturated carbocycles. The van der Waals surface area contributed by atoms with Crippen LogP contribution in [0.5, 0.6) is 0 Å². The fourth-order valence-corrected chi connectivity index (χ4v) is 3.29. The Morgan fingerprint density at radius 2 is 1.94 bits per heavy atom. The van der Waals surface area contributed by atoms with Crippen molar-refractivity contribution in [2.45, 2.75) is 37.6 Å². The van der Waals surface area contributed by atoms with E-state index in [1.807, 2.05) is 12.1 Å². The fraction of sp³-hybridized carbons (Fsp3) is 0.571. The van der Waals surface area contributed by atoms with Gasteiger partial charge in [-0.25, -0.2) is 0 Å². The summed E-state index contributed by atoms with van der Waals surface area (Å²) in [6.07, 6.45) is 4.95. The molecule has 1 aliphatic rings. The molecular weight excluding hydrogens is 289 g/mol. The van der Waals surface area contributed by atoms with Crippen LogP contribution in [0.4, 0.5) is 0 Å². The summed E-state index contributed by atoms with van der Waals surface area (Å²) in [5.74, 6) is 0.589. The molecule has 1 N–H and O–H groups in total. The molecule has 2 unspecified atom stereocenters. The van der Waals surface area contributed by atoms with Crippen LogP contribution >= 0.6 is 34.8 Å². The summed E-state index contributed by atoms with van der Waals surface area (Å²) in [7, 11) is 0. The third-order valence-corrected chi connectivity index (χ3v) is 4.71. The predicted molar refractivity (Wildman–Crippen MR) is 79.8 cm³/mol. The third kappa shape index (κ3) is 4.03. The number of benzene rings is 1. The summed E-state index contributed by atoms with van der Waals surface area (Å²) < 4.78 is 0. The van der Waals surface area contributed by atoms with Gasteiger partial charge in [-0.2, -0.15) is 0 Å². The molecule has 100 valence electrons. The Labute approximate surface area is 124 Å². The molecule has 0 aliphatic heterocycles. The molecule has 0 saturated heterocycles. The van der Waals surface area contributed by atoms with Gasteiger partial charge in [-0.3, -0.25) is 0 Å². The zero-order chi connectivity index (χ0) is 13.0. The molecular formula is C14H18Cl3N. The van der Waals surface area contributed by atoms with Crippen molar-refractivity contribution < 1.29 is 0 Å². The molecule has 0 radical (unpaired) electrons. The molecule has 1 aromatic carbocycles. The minimum absolute atomic E-state index is 0.326. The molecule has 0 heterocycles. The summed E-state index contributed by atoms with van der Waals surface area (Å²) in [5.41, 5.74) is 1.09. The molecule has 2 atom stereocenters. The van der Waals surface area contributed by atoms with Gasteiger partial charge in [-0.15, -0.1) is 11.6 Å². The van der Waals surface area contributed by atoms with Gasteiger partial charge in [-0.1, -0.05) is 42.1 Å². The first-order chi connectivity index (χ1) is 8.66. The first-order valence-corrected chi connectivity index (χ1v) is 7.65. The summed E-state index contributed by atoms with van der Waals surface area (Å²) >= 11 is 18.3. The standard InChI is InChI=1S/C14H18Cl3N/c15-12-6-5-11(14(17)7-12)9-18-8-10-3-1-2-4-13(10)16/h5-7,10,13,18H,1-4,8-9H2. The normalized spacial score (nSPS) is 24.2. The quantitative estimate of drug-likeness (QED) is 0.782. The molecule has 1 aromatic rings. The molecule has 0 spiro atoms. The zero-order valence-corrected chi connectivity index (χ0v) is 12.5. The Balaban J connectivity index is 1.81. The summed E-state index contributed by atoms with van der Waals surface area (Å²) in [4.78, 5) is 0. The first kappa shape index (κ1) is 14.5. The molecule has 0 amide bonds. The highest BCUT2D eigenvalue weighted by Gasteiger charge is 2.22. The van der Waals surface area contributed by atoms with E-state index in [1.165, 1.54) is 19.3 Å². The monoisotopic (exact) mass is 305 g/mol. The topological polar surface area (TPSA) is 12.0 Å². The van der Waals surface area contributed by atoms with E-state index in [1.54, 1.807) is 6.07 Å². The van der Waals surface area contributed by atoms with Gasteiger partial charge >= 0.3 is 0 Å². The molecule has 1 aliphatic carbocycles. The second-order valence-electron chi connectivity index (χ2n) is 4.93. The molecule has 4 heteroatoms. The number of rotatable bonds is 4. The maximum atomic E-state index is 6.33. The lowest BCUT2D eigenvalue weighted by molar-refractivity contribution is 0.348. The van der Waals surface area contributed by atoms with E-state index < -0.39 is 0 Å². The lowest BCUT2D eigenvalue weighted by atomic mass is 9.89. The van der Waals surface area contributed by atoms with Crippen molar-refractivity contribution in [2.24, 2.45) is 5.92 Å². The van der Waals surface area contributed by atoms with Crippen LogP contribution in [-0.4, -0.2) is 11.9 Å². The smallest absolute Gasteiger partial charge is 0.0465 e. The van der Waals surface area contributed by atoms with Crippen LogP contribution in [0.15, 0.2) is 18.2 Å². The number of nitrogens with one attached hydrogen (secondary N) is 1. The van der Waals surface area contributed by atoms with E-state index in [-0.39, 0.29) is 0 Å². The second kappa shape index (κ2) is 7.00. The van der Waals surface area contributed by atoms with Gasteiger partial charge in [0.15, 0.2) is 0 Å². The van der Waals surface area contributed by atoms with Gasteiger partial charge in [0.1, 0.15) is 0 Å². The number of hydrogen-bond acceptors (Lipinski definition) is 1. The molecule has 1 fully saturated rings. The van der Waals surface area contributed by atoms with E-state index in [9.17, 15) is 0 Å². The highest BCUT2D eigenvalue weighted by Crippen LogP contribution is 2.28. The number of alkyl halides is 1. The maximum absolute atomic E-state index is 6.33. The summed E-state index contributed by atoms with van der Waals surface area (Å²) in [6.45, 7) is 1.74. The average Bonchev–Trinajstić information content (AvgIpc) is 2.34. The van der Waals surface area contributed by atoms with Crippen LogP contribution in [0.1, 0.15) is 31.2 Å². The largest absolute Gasteiger partial charge is 0.312 e. The third-order valence-electron chi connectivity index (χ3n) is 3.55. The number of halogens is 3. The Hall–Kier alpha value is 0.0500. The number of hydrogen-bond donors (Lipinski definition) is 1. The van der Waals surface area contributed by atoms with Crippen LogP contribution in [0.2, 0.25) is 10.0 Å². The van der Waals surface area contributed by atoms with Gasteiger partial charge in [-0.05, 0) is 43.0 Å². The van der Waals surface area contributed by atoms with Crippen molar-refractivity contribution >= 4 is 34.8 Å². The van der Waals surface area contributed by atoms with E-state index >= 15 is 0 Å². The minimum atomic E-state index is 0.326. The van der Waals surface area contributed by atoms with E-state index in [0.29, 0.717) is 16.3 Å². The van der Waals surface area contributed by atoms with E-state index in [4.69, 9.17) is 34.8 Å². The van der Waals surface area contributed by atoms with Crippen molar-refractivity contribution in [3.63, 3.8) is 0 Å². The van der Waals surface area contributed by atoms with Crippen LogP contribution in [0.25, 0.3) is 0 Å². The second-order valence-corrected chi connectivity index (χ2v) is 6.33. The summed E-state index contributed by atoms with van der Waals surface area (Å²) in [5, 5.41) is 5.18. The first-order valence-electron chi connectivity index (χ1n) is 6.45. The van der Waals surface area contributed by atoms with Gasteiger partial charge < -0.3 is 5.32 Å². The minimum Gasteiger partial charge on any atom is -0.312 e. The lowest BCUT2D eigenvalue weighted by Crippen LogP contribution is -2.30. The Bertz CT molecular complexity index is 395. The maximum Gasteiger partial charge on any atom is 0.0465 e. The molecule has 0 aromatic heterocycles. The van der Waals surface area contributed by atoms with Crippen molar-refractivity contribution in [1.29, 1.82) is 0 Å². The van der Waals surface area contributed by atoms with Gasteiger partial charge in [0.05, 0.1) is 0 Å². The van der Waals surface area contributed by atoms with Crippen LogP contribution < -0.4 is 5.32 Å². The van der Waals surface area contributed by atoms with Crippen molar-refractivity contribution in [3.05, 3.63) is 33.8 Å². The highest BCUT2D eigenvalue weighted by atomic mass is 35.5. The van der Waals surface area contributed by atoms with Gasteiger partial charge in [0.2, 0.25) is 0 Å². The summed E-state index contributed by atoms with van der Waals surface area (Å²) in [6, 6.07) is 5.62. The van der Waals surface area contributed by atoms with E-state index in [2.05, 4.69) is 5.32 Å². The molecule has 18 heavy (non-hydrogen) atoms. The lowest BCUT2D eigenvalue weighted by Gasteiger charge is -2.27. The Morgan fingerprint density at radius 3 is 2.67 bits per heavy atom. The Kier molecular flexibility index (Phi) is 5.62. The van der Waals surface area contributed by atoms with Crippen LogP contribution in [0.3, 0.4) is 0 Å². The van der Waals surface area contributed by atoms with Gasteiger partial charge in [0, 0.05) is 22.0 Å². The molecule has 0 bridgehead atoms. The van der Waals surface area contributed by atoms with Crippen molar-refractivity contribution in [2.75, 3.05) is 6.54 Å². The predicted octanol–water partition coefficient (Wildman–Crippen LogP) is 4.88. The Morgan fingerprint density at radius 1 is 1.17 bits per heavy atom. The average molecular weight is 307 g/mol. The van der Waals surface area contributed by atoms with Crippen LogP contribution in [0, 0.1) is 5.92 Å². The van der Waals surface area contributed by atoms with Crippen LogP contribution in [-0.2, 0) is 6.54 Å². The molecule has 2 rings (SSSR count). The fourth-order valence-electron chi connectivity index (χ4n) is 2.45. The van der Waals surface area contributed by atoms with E-state index in [0.717, 1.165) is 30.1 Å². The van der Waals surface area contributed by atoms with Crippen molar-refractivity contribution in [3.8, 4) is 0 Å². The molecule has 1 nitrogen and oxygen atoms in total. The van der Waals surface area contributed by atoms with Gasteiger partial charge in [0.25, 0.3) is 0 Å².